The van der Waals surface area contributed by atoms with Crippen LogP contribution in [-0.2, 0) is 26.6 Å². The van der Waals surface area contributed by atoms with E-state index in [1.807, 2.05) is 19.9 Å². The molecule has 1 aromatic heterocycles. The molecule has 2 aromatic carbocycles. The number of fused-ring (bicyclic) bond motifs is 2. The number of halogens is 2. The summed E-state index contributed by atoms with van der Waals surface area (Å²) >= 11 is 12.3. The van der Waals surface area contributed by atoms with E-state index in [9.17, 15) is 9.59 Å². The number of nitrogens with zero attached hydrogens (tertiary/aromatic N) is 1. The van der Waals surface area contributed by atoms with Gasteiger partial charge in [-0.25, -0.2) is 4.79 Å². The maximum Gasteiger partial charge on any atom is 0.342 e. The summed E-state index contributed by atoms with van der Waals surface area (Å²) in [6.07, 6.45) is 0. The van der Waals surface area contributed by atoms with Crippen molar-refractivity contribution in [2.45, 2.75) is 33.1 Å². The van der Waals surface area contributed by atoms with Crippen molar-refractivity contribution in [3.63, 3.8) is 0 Å². The van der Waals surface area contributed by atoms with Crippen LogP contribution < -0.4 is 0 Å². The van der Waals surface area contributed by atoms with E-state index in [0.717, 1.165) is 16.6 Å². The molecule has 0 spiro atoms. The third-order valence-corrected chi connectivity index (χ3v) is 5.48. The molecule has 0 N–H and O–H groups in total. The van der Waals surface area contributed by atoms with E-state index in [1.54, 1.807) is 24.3 Å². The highest BCUT2D eigenvalue weighted by atomic mass is 35.5. The number of cyclic esters (lactones) is 1. The molecule has 4 rings (SSSR count). The largest absolute Gasteiger partial charge is 0.414 e. The molecule has 1 aliphatic rings. The van der Waals surface area contributed by atoms with Crippen LogP contribution in [0.1, 0.15) is 41.0 Å². The van der Waals surface area contributed by atoms with E-state index in [-0.39, 0.29) is 5.56 Å². The number of aryl methyl sites for hydroxylation is 1. The maximum absolute atomic E-state index is 12.7. The monoisotopic (exact) mass is 417 g/mol. The summed E-state index contributed by atoms with van der Waals surface area (Å²) in [4.78, 5) is 24.8. The summed E-state index contributed by atoms with van der Waals surface area (Å²) in [6.45, 7) is 5.88. The Balaban J connectivity index is 2.13. The van der Waals surface area contributed by atoms with E-state index in [1.165, 1.54) is 13.0 Å². The zero-order valence-electron chi connectivity index (χ0n) is 15.5. The second kappa shape index (κ2) is 6.54. The molecule has 0 amide bonds. The molecule has 0 fully saturated rings. The lowest BCUT2D eigenvalue weighted by atomic mass is 9.93. The Morgan fingerprint density at radius 3 is 2.54 bits per heavy atom. The SMILES string of the molecule is CCn1c(C)c(C2(OC(C)=O)OC(=O)c3cc(Cl)ccc32)c2cc(Cl)ccc21. The Bertz CT molecular complexity index is 1150. The molecule has 0 saturated heterocycles. The van der Waals surface area contributed by atoms with Crippen LogP contribution in [-0.4, -0.2) is 16.5 Å². The lowest BCUT2D eigenvalue weighted by Crippen LogP contribution is -2.34. The van der Waals surface area contributed by atoms with Crippen molar-refractivity contribution < 1.29 is 19.1 Å². The summed E-state index contributed by atoms with van der Waals surface area (Å²) < 4.78 is 13.6. The summed E-state index contributed by atoms with van der Waals surface area (Å²) in [5.41, 5.74) is 3.01. The van der Waals surface area contributed by atoms with Gasteiger partial charge in [0.2, 0.25) is 0 Å². The zero-order chi connectivity index (χ0) is 20.2. The minimum Gasteiger partial charge on any atom is -0.414 e. The topological polar surface area (TPSA) is 57.5 Å². The van der Waals surface area contributed by atoms with Gasteiger partial charge >= 0.3 is 17.7 Å². The lowest BCUT2D eigenvalue weighted by Gasteiger charge is -2.29. The van der Waals surface area contributed by atoms with Crippen molar-refractivity contribution in [1.29, 1.82) is 0 Å². The number of benzene rings is 2. The van der Waals surface area contributed by atoms with Gasteiger partial charge in [-0.3, -0.25) is 4.79 Å². The van der Waals surface area contributed by atoms with Crippen molar-refractivity contribution in [2.75, 3.05) is 0 Å². The van der Waals surface area contributed by atoms with E-state index < -0.39 is 17.7 Å². The summed E-state index contributed by atoms with van der Waals surface area (Å²) in [5.74, 6) is -2.87. The molecule has 1 atom stereocenters. The standard InChI is InChI=1S/C21H17Cl2NO4/c1-4-24-11(2)19(16-10-14(23)6-8-18(16)24)21(27-12(3)25)17-7-5-13(22)9-15(17)20(26)28-21/h5-10H,4H2,1-3H3. The van der Waals surface area contributed by atoms with Gasteiger partial charge < -0.3 is 14.0 Å². The van der Waals surface area contributed by atoms with Gasteiger partial charge in [0.1, 0.15) is 0 Å². The second-order valence-electron chi connectivity index (χ2n) is 6.66. The molecule has 144 valence electrons. The van der Waals surface area contributed by atoms with Crippen molar-refractivity contribution in [3.8, 4) is 0 Å². The first kappa shape index (κ1) is 18.8. The van der Waals surface area contributed by atoms with Gasteiger partial charge in [-0.05, 0) is 50.2 Å². The van der Waals surface area contributed by atoms with Crippen LogP contribution in [0.25, 0.3) is 10.9 Å². The molecule has 3 aromatic rings. The second-order valence-corrected chi connectivity index (χ2v) is 7.53. The fourth-order valence-corrected chi connectivity index (χ4v) is 4.35. The lowest BCUT2D eigenvalue weighted by molar-refractivity contribution is -0.190. The average molecular weight is 418 g/mol. The molecule has 1 unspecified atom stereocenters. The fraction of sp³-hybridized carbons (Fsp3) is 0.238. The third-order valence-electron chi connectivity index (χ3n) is 5.01. The van der Waals surface area contributed by atoms with Gasteiger partial charge in [0.15, 0.2) is 0 Å². The highest BCUT2D eigenvalue weighted by Gasteiger charge is 2.53. The van der Waals surface area contributed by atoms with E-state index >= 15 is 0 Å². The van der Waals surface area contributed by atoms with Crippen LogP contribution in [0.15, 0.2) is 36.4 Å². The normalized spacial score (nSPS) is 18.2. The van der Waals surface area contributed by atoms with E-state index in [2.05, 4.69) is 4.57 Å². The number of carbonyl (C=O) groups is 2. The van der Waals surface area contributed by atoms with Gasteiger partial charge in [0.05, 0.1) is 16.7 Å². The minimum absolute atomic E-state index is 0.271. The number of rotatable bonds is 3. The summed E-state index contributed by atoms with van der Waals surface area (Å²) in [6, 6.07) is 10.3. The highest BCUT2D eigenvalue weighted by molar-refractivity contribution is 6.31. The Morgan fingerprint density at radius 2 is 1.86 bits per heavy atom. The molecule has 28 heavy (non-hydrogen) atoms. The molecule has 1 aliphatic heterocycles. The average Bonchev–Trinajstić information content (AvgIpc) is 3.05. The molecule has 7 heteroatoms. The third kappa shape index (κ3) is 2.61. The first-order chi connectivity index (χ1) is 13.3. The van der Waals surface area contributed by atoms with Gasteiger partial charge in [-0.1, -0.05) is 23.2 Å². The molecule has 0 radical (unpaired) electrons. The summed E-state index contributed by atoms with van der Waals surface area (Å²) in [7, 11) is 0. The van der Waals surface area contributed by atoms with Crippen LogP contribution in [0.3, 0.4) is 0 Å². The van der Waals surface area contributed by atoms with Crippen LogP contribution in [0, 0.1) is 6.92 Å². The highest BCUT2D eigenvalue weighted by Crippen LogP contribution is 2.48. The molecule has 0 bridgehead atoms. The minimum atomic E-state index is -1.70. The number of hydrogen-bond acceptors (Lipinski definition) is 4. The molecular formula is C21H17Cl2NO4. The number of hydrogen-bond donors (Lipinski definition) is 0. The van der Waals surface area contributed by atoms with Gasteiger partial charge in [0.25, 0.3) is 0 Å². The Labute approximate surface area is 171 Å². The quantitative estimate of drug-likeness (QED) is 0.548. The van der Waals surface area contributed by atoms with Crippen LogP contribution in [0.2, 0.25) is 10.0 Å². The van der Waals surface area contributed by atoms with Crippen LogP contribution in [0.5, 0.6) is 0 Å². The number of esters is 2. The van der Waals surface area contributed by atoms with Crippen molar-refractivity contribution in [2.24, 2.45) is 0 Å². The van der Waals surface area contributed by atoms with Crippen molar-refractivity contribution in [3.05, 3.63) is 68.8 Å². The molecule has 0 saturated carbocycles. The van der Waals surface area contributed by atoms with Gasteiger partial charge in [0, 0.05) is 40.1 Å². The van der Waals surface area contributed by atoms with Gasteiger partial charge in [-0.2, -0.15) is 0 Å². The Morgan fingerprint density at radius 1 is 1.18 bits per heavy atom. The Kier molecular flexibility index (Phi) is 4.40. The van der Waals surface area contributed by atoms with Crippen LogP contribution >= 0.6 is 23.2 Å². The van der Waals surface area contributed by atoms with Gasteiger partial charge in [-0.15, -0.1) is 0 Å². The maximum atomic E-state index is 12.7. The number of ether oxygens (including phenoxy) is 2. The smallest absolute Gasteiger partial charge is 0.342 e. The van der Waals surface area contributed by atoms with Crippen LogP contribution in [0.4, 0.5) is 0 Å². The first-order valence-corrected chi connectivity index (χ1v) is 9.56. The van der Waals surface area contributed by atoms with E-state index in [0.29, 0.717) is 27.7 Å². The first-order valence-electron chi connectivity index (χ1n) is 8.80. The molecule has 2 heterocycles. The molecular weight excluding hydrogens is 401 g/mol. The molecule has 0 aliphatic carbocycles. The summed E-state index contributed by atoms with van der Waals surface area (Å²) in [5, 5.41) is 1.68. The predicted molar refractivity (Wildman–Crippen MR) is 107 cm³/mol. The zero-order valence-corrected chi connectivity index (χ0v) is 17.0. The fourth-order valence-electron chi connectivity index (χ4n) is 4.01. The number of aromatic nitrogens is 1. The predicted octanol–water partition coefficient (Wildman–Crippen LogP) is 5.21. The molecule has 5 nitrogen and oxygen atoms in total. The van der Waals surface area contributed by atoms with E-state index in [4.69, 9.17) is 32.7 Å². The van der Waals surface area contributed by atoms with Crippen molar-refractivity contribution >= 4 is 46.0 Å². The number of carbonyl (C=O) groups excluding carboxylic acids is 2. The Hall–Kier alpha value is -2.50. The van der Waals surface area contributed by atoms with Crippen molar-refractivity contribution in [1.82, 2.24) is 4.57 Å².